The third-order valence-electron chi connectivity index (χ3n) is 6.84. The van der Waals surface area contributed by atoms with Gasteiger partial charge >= 0.3 is 0 Å². The number of alkyl halides is 2. The van der Waals surface area contributed by atoms with E-state index in [0.29, 0.717) is 11.5 Å². The van der Waals surface area contributed by atoms with Gasteiger partial charge in [-0.15, -0.1) is 11.3 Å². The number of benzene rings is 1. The van der Waals surface area contributed by atoms with Crippen molar-refractivity contribution in [3.05, 3.63) is 63.1 Å². The van der Waals surface area contributed by atoms with Crippen LogP contribution in [0.25, 0.3) is 11.4 Å². The van der Waals surface area contributed by atoms with Crippen LogP contribution in [0.5, 0.6) is 0 Å². The smallest absolute Gasteiger partial charge is 0.252 e. The molecule has 5 rings (SSSR count). The molecule has 1 unspecified atom stereocenters. The van der Waals surface area contributed by atoms with Crippen LogP contribution in [0.3, 0.4) is 0 Å². The minimum absolute atomic E-state index is 0.211. The summed E-state index contributed by atoms with van der Waals surface area (Å²) in [7, 11) is 0. The second kappa shape index (κ2) is 10.4. The summed E-state index contributed by atoms with van der Waals surface area (Å²) in [5.41, 5.74) is 0.748. The number of amides is 1. The first kappa shape index (κ1) is 25.1. The van der Waals surface area contributed by atoms with E-state index >= 15 is 0 Å². The summed E-state index contributed by atoms with van der Waals surface area (Å²) in [6.07, 6.45) is 6.94. The maximum Gasteiger partial charge on any atom is 0.252 e. The maximum atomic E-state index is 13.8. The van der Waals surface area contributed by atoms with Crippen molar-refractivity contribution in [3.63, 3.8) is 0 Å². The highest BCUT2D eigenvalue weighted by atomic mass is 35.5. The molecule has 1 amide bonds. The number of aromatic nitrogens is 3. The van der Waals surface area contributed by atoms with Crippen LogP contribution in [0.15, 0.2) is 36.8 Å². The number of halogens is 4. The molecule has 190 valence electrons. The molecule has 36 heavy (non-hydrogen) atoms. The van der Waals surface area contributed by atoms with Gasteiger partial charge in [-0.1, -0.05) is 18.0 Å². The Kier molecular flexibility index (Phi) is 7.28. The van der Waals surface area contributed by atoms with Gasteiger partial charge in [-0.2, -0.15) is 0 Å². The van der Waals surface area contributed by atoms with Gasteiger partial charge in [0.2, 0.25) is 0 Å². The highest BCUT2D eigenvalue weighted by molar-refractivity contribution is 7.11. The maximum absolute atomic E-state index is 13.8. The molecule has 1 atom stereocenters. The number of thiazole rings is 1. The number of nitrogens with zero attached hydrogens (tertiary/aromatic N) is 4. The predicted molar refractivity (Wildman–Crippen MR) is 132 cm³/mol. The lowest BCUT2D eigenvalue weighted by atomic mass is 9.86. The van der Waals surface area contributed by atoms with Crippen molar-refractivity contribution < 1.29 is 18.0 Å². The van der Waals surface area contributed by atoms with Crippen LogP contribution in [0.1, 0.15) is 64.3 Å². The van der Waals surface area contributed by atoms with Gasteiger partial charge in [0, 0.05) is 55.0 Å². The normalized spacial score (nSPS) is 19.0. The molecule has 3 aromatic rings. The molecule has 1 aliphatic heterocycles. The number of carbonyl (C=O) groups excluding carboxylic acids is 1. The van der Waals surface area contributed by atoms with Crippen LogP contribution in [0, 0.1) is 5.82 Å². The van der Waals surface area contributed by atoms with Gasteiger partial charge in [-0.25, -0.2) is 28.1 Å². The van der Waals surface area contributed by atoms with Crippen molar-refractivity contribution >= 4 is 28.8 Å². The Morgan fingerprint density at radius 1 is 1.17 bits per heavy atom. The van der Waals surface area contributed by atoms with Crippen molar-refractivity contribution in [1.82, 2.24) is 25.2 Å². The zero-order valence-corrected chi connectivity index (χ0v) is 21.0. The Hall–Kier alpha value is -2.56. The van der Waals surface area contributed by atoms with Gasteiger partial charge in [-0.3, -0.25) is 9.69 Å². The van der Waals surface area contributed by atoms with Crippen molar-refractivity contribution in [1.29, 1.82) is 0 Å². The molecule has 0 bridgehead atoms. The van der Waals surface area contributed by atoms with E-state index in [2.05, 4.69) is 20.3 Å². The summed E-state index contributed by atoms with van der Waals surface area (Å²) in [5.74, 6) is -2.89. The Labute approximate surface area is 215 Å². The number of carbonyl (C=O) groups is 1. The lowest BCUT2D eigenvalue weighted by Crippen LogP contribution is -2.44. The number of piperidine rings is 1. The Bertz CT molecular complexity index is 1220. The molecular formula is C25H25ClF3N5OS. The van der Waals surface area contributed by atoms with E-state index in [1.807, 2.05) is 11.1 Å². The average molecular weight is 536 g/mol. The second-order valence-electron chi connectivity index (χ2n) is 9.27. The fourth-order valence-corrected chi connectivity index (χ4v) is 5.88. The molecule has 0 spiro atoms. The molecule has 0 radical (unpaired) electrons. The molecule has 2 aliphatic rings. The van der Waals surface area contributed by atoms with Gasteiger partial charge in [-0.05, 0) is 31.0 Å². The third kappa shape index (κ3) is 5.55. The SMILES string of the molecule is O=C(NCC(c1cnc(C2CCC2)s1)N1CCC(F)(F)CC1)c1cc(-c2ncc(F)cn2)ccc1Cl. The minimum atomic E-state index is -2.66. The van der Waals surface area contributed by atoms with Crippen LogP contribution in [-0.4, -0.2) is 51.3 Å². The van der Waals surface area contributed by atoms with Crippen molar-refractivity contribution in [2.45, 2.75) is 50.0 Å². The lowest BCUT2D eigenvalue weighted by Gasteiger charge is -2.37. The molecule has 1 N–H and O–H groups in total. The molecule has 2 aromatic heterocycles. The summed E-state index contributed by atoms with van der Waals surface area (Å²) in [6.45, 7) is 0.703. The van der Waals surface area contributed by atoms with Crippen LogP contribution in [0.2, 0.25) is 5.02 Å². The third-order valence-corrected chi connectivity index (χ3v) is 8.43. The first-order chi connectivity index (χ1) is 17.3. The minimum Gasteiger partial charge on any atom is -0.350 e. The summed E-state index contributed by atoms with van der Waals surface area (Å²) < 4.78 is 40.9. The van der Waals surface area contributed by atoms with Gasteiger partial charge < -0.3 is 5.32 Å². The van der Waals surface area contributed by atoms with E-state index in [1.54, 1.807) is 29.5 Å². The van der Waals surface area contributed by atoms with E-state index < -0.39 is 17.6 Å². The Morgan fingerprint density at radius 3 is 2.56 bits per heavy atom. The number of hydrogen-bond acceptors (Lipinski definition) is 6. The van der Waals surface area contributed by atoms with Gasteiger partial charge in [0.05, 0.1) is 34.0 Å². The molecule has 1 aliphatic carbocycles. The average Bonchev–Trinajstić information content (AvgIpc) is 3.28. The Balaban J connectivity index is 1.34. The molecule has 6 nitrogen and oxygen atoms in total. The van der Waals surface area contributed by atoms with E-state index in [1.165, 1.54) is 6.42 Å². The van der Waals surface area contributed by atoms with Crippen LogP contribution >= 0.6 is 22.9 Å². The number of likely N-dealkylation sites (tertiary alicyclic amines) is 1. The molecular weight excluding hydrogens is 511 g/mol. The highest BCUT2D eigenvalue weighted by Gasteiger charge is 2.37. The number of rotatable bonds is 7. The molecule has 11 heteroatoms. The molecule has 3 heterocycles. The molecule has 1 saturated carbocycles. The first-order valence-corrected chi connectivity index (χ1v) is 13.1. The summed E-state index contributed by atoms with van der Waals surface area (Å²) in [5, 5.41) is 4.26. The number of nitrogens with one attached hydrogen (secondary N) is 1. The zero-order valence-electron chi connectivity index (χ0n) is 19.4. The molecule has 1 saturated heterocycles. The van der Waals surface area contributed by atoms with Crippen LogP contribution < -0.4 is 5.32 Å². The monoisotopic (exact) mass is 535 g/mol. The fraction of sp³-hybridized carbons (Fsp3) is 0.440. The van der Waals surface area contributed by atoms with E-state index in [9.17, 15) is 18.0 Å². The summed E-state index contributed by atoms with van der Waals surface area (Å²) in [4.78, 5) is 28.6. The lowest BCUT2D eigenvalue weighted by molar-refractivity contribution is -0.0629. The predicted octanol–water partition coefficient (Wildman–Crippen LogP) is 5.86. The highest BCUT2D eigenvalue weighted by Crippen LogP contribution is 2.41. The van der Waals surface area contributed by atoms with Crippen molar-refractivity contribution in [3.8, 4) is 11.4 Å². The van der Waals surface area contributed by atoms with Gasteiger partial charge in [0.15, 0.2) is 11.6 Å². The van der Waals surface area contributed by atoms with Crippen LogP contribution in [0.4, 0.5) is 13.2 Å². The summed E-state index contributed by atoms with van der Waals surface area (Å²) >= 11 is 7.92. The van der Waals surface area contributed by atoms with Crippen molar-refractivity contribution in [2.24, 2.45) is 0 Å². The van der Waals surface area contributed by atoms with Crippen molar-refractivity contribution in [2.75, 3.05) is 19.6 Å². The first-order valence-electron chi connectivity index (χ1n) is 11.9. The Morgan fingerprint density at radius 2 is 1.89 bits per heavy atom. The standard InChI is InChI=1S/C25H25ClF3N5OS/c26-19-5-4-16(22-30-11-17(27)12-31-22)10-18(19)23(35)32-13-20(34-8-6-25(28,29)7-9-34)21-14-33-24(36-21)15-2-1-3-15/h4-5,10-12,14-15,20H,1-3,6-9,13H2,(H,32,35). The molecule has 1 aromatic carbocycles. The second-order valence-corrected chi connectivity index (χ2v) is 10.8. The quantitative estimate of drug-likeness (QED) is 0.410. The van der Waals surface area contributed by atoms with E-state index in [0.717, 1.165) is 35.1 Å². The largest absolute Gasteiger partial charge is 0.350 e. The topological polar surface area (TPSA) is 71.0 Å². The number of hydrogen-bond donors (Lipinski definition) is 1. The zero-order chi connectivity index (χ0) is 25.3. The summed E-state index contributed by atoms with van der Waals surface area (Å²) in [6, 6.07) is 4.51. The fourth-order valence-electron chi connectivity index (χ4n) is 4.46. The van der Waals surface area contributed by atoms with E-state index in [4.69, 9.17) is 11.6 Å². The van der Waals surface area contributed by atoms with Gasteiger partial charge in [0.25, 0.3) is 11.8 Å². The van der Waals surface area contributed by atoms with Crippen LogP contribution in [-0.2, 0) is 0 Å². The molecule has 2 fully saturated rings. The van der Waals surface area contributed by atoms with E-state index in [-0.39, 0.29) is 54.9 Å². The van der Waals surface area contributed by atoms with Gasteiger partial charge in [0.1, 0.15) is 0 Å².